The average Bonchev–Trinajstić information content (AvgIpc) is 2.85. The summed E-state index contributed by atoms with van der Waals surface area (Å²) in [5.74, 6) is -0.162. The molecule has 2 aromatic carbocycles. The molecule has 0 aliphatic heterocycles. The van der Waals surface area contributed by atoms with Crippen molar-refractivity contribution in [2.45, 2.75) is 6.54 Å². The Kier molecular flexibility index (Phi) is 4.43. The number of nitrogens with one attached hydrogen (secondary N) is 1. The van der Waals surface area contributed by atoms with Gasteiger partial charge in [-0.15, -0.1) is 0 Å². The zero-order valence-corrected chi connectivity index (χ0v) is 14.4. The van der Waals surface area contributed by atoms with E-state index in [0.29, 0.717) is 15.7 Å². The molecule has 0 saturated heterocycles. The number of hydrogen-bond donors (Lipinski definition) is 1. The molecule has 0 saturated carbocycles. The summed E-state index contributed by atoms with van der Waals surface area (Å²) in [4.78, 5) is 12.2. The van der Waals surface area contributed by atoms with E-state index in [1.807, 2.05) is 35.0 Å². The molecular formula is C16H11BrCl2N2O. The van der Waals surface area contributed by atoms with Gasteiger partial charge in [0.1, 0.15) is 6.54 Å². The van der Waals surface area contributed by atoms with E-state index in [0.717, 1.165) is 15.4 Å². The van der Waals surface area contributed by atoms with Crippen LogP contribution in [-0.4, -0.2) is 10.5 Å². The van der Waals surface area contributed by atoms with E-state index in [1.54, 1.807) is 18.2 Å². The number of carbonyl (C=O) groups is 1. The summed E-state index contributed by atoms with van der Waals surface area (Å²) >= 11 is 15.4. The zero-order valence-electron chi connectivity index (χ0n) is 11.3. The molecule has 22 heavy (non-hydrogen) atoms. The molecule has 0 aliphatic carbocycles. The molecule has 0 spiro atoms. The Balaban J connectivity index is 1.80. The highest BCUT2D eigenvalue weighted by Gasteiger charge is 2.09. The van der Waals surface area contributed by atoms with Gasteiger partial charge < -0.3 is 9.88 Å². The third kappa shape index (κ3) is 3.29. The zero-order chi connectivity index (χ0) is 15.7. The lowest BCUT2D eigenvalue weighted by molar-refractivity contribution is -0.116. The monoisotopic (exact) mass is 396 g/mol. The summed E-state index contributed by atoms with van der Waals surface area (Å²) in [5, 5.41) is 4.83. The quantitative estimate of drug-likeness (QED) is 0.635. The van der Waals surface area contributed by atoms with Gasteiger partial charge in [0.25, 0.3) is 0 Å². The number of carbonyl (C=O) groups excluding carboxylic acids is 1. The van der Waals surface area contributed by atoms with Gasteiger partial charge in [-0.2, -0.15) is 0 Å². The van der Waals surface area contributed by atoms with Crippen LogP contribution in [0.25, 0.3) is 10.9 Å². The number of aromatic nitrogens is 1. The number of rotatable bonds is 3. The van der Waals surface area contributed by atoms with Crippen LogP contribution in [0.5, 0.6) is 0 Å². The smallest absolute Gasteiger partial charge is 0.244 e. The SMILES string of the molecule is O=C(Cn1ccc2cc(Br)ccc21)Nc1cc(Cl)ccc1Cl. The fourth-order valence-corrected chi connectivity index (χ4v) is 2.96. The van der Waals surface area contributed by atoms with Crippen molar-refractivity contribution in [2.24, 2.45) is 0 Å². The van der Waals surface area contributed by atoms with E-state index in [2.05, 4.69) is 21.2 Å². The fourth-order valence-electron chi connectivity index (χ4n) is 2.25. The third-order valence-electron chi connectivity index (χ3n) is 3.25. The van der Waals surface area contributed by atoms with Crippen LogP contribution >= 0.6 is 39.1 Å². The minimum Gasteiger partial charge on any atom is -0.338 e. The van der Waals surface area contributed by atoms with Crippen molar-refractivity contribution in [2.75, 3.05) is 5.32 Å². The standard InChI is InChI=1S/C16H11BrCl2N2O/c17-11-1-4-15-10(7-11)5-6-21(15)9-16(22)20-14-8-12(18)2-3-13(14)19/h1-8H,9H2,(H,20,22). The van der Waals surface area contributed by atoms with Crippen molar-refractivity contribution < 1.29 is 4.79 Å². The molecule has 1 N–H and O–H groups in total. The topological polar surface area (TPSA) is 34.0 Å². The van der Waals surface area contributed by atoms with Crippen molar-refractivity contribution in [3.63, 3.8) is 0 Å². The first-order chi connectivity index (χ1) is 10.5. The number of anilines is 1. The first-order valence-corrected chi connectivity index (χ1v) is 8.07. The first kappa shape index (κ1) is 15.4. The van der Waals surface area contributed by atoms with Gasteiger partial charge in [0.2, 0.25) is 5.91 Å². The van der Waals surface area contributed by atoms with Gasteiger partial charge in [-0.25, -0.2) is 0 Å². The van der Waals surface area contributed by atoms with Gasteiger partial charge in [-0.1, -0.05) is 39.1 Å². The molecule has 0 aliphatic rings. The number of benzene rings is 2. The second-order valence-electron chi connectivity index (χ2n) is 4.82. The Morgan fingerprint density at radius 1 is 1.14 bits per heavy atom. The number of fused-ring (bicyclic) bond motifs is 1. The predicted molar refractivity (Wildman–Crippen MR) is 94.7 cm³/mol. The van der Waals surface area contributed by atoms with Crippen LogP contribution in [0.4, 0.5) is 5.69 Å². The molecule has 6 heteroatoms. The van der Waals surface area contributed by atoms with Gasteiger partial charge in [-0.05, 0) is 42.5 Å². The van der Waals surface area contributed by atoms with Gasteiger partial charge in [0.15, 0.2) is 0 Å². The van der Waals surface area contributed by atoms with E-state index in [1.165, 1.54) is 0 Å². The highest BCUT2D eigenvalue weighted by Crippen LogP contribution is 2.26. The molecule has 0 unspecified atom stereocenters. The Hall–Kier alpha value is -1.49. The van der Waals surface area contributed by atoms with Gasteiger partial charge >= 0.3 is 0 Å². The van der Waals surface area contributed by atoms with Crippen molar-refractivity contribution in [3.8, 4) is 0 Å². The molecule has 0 atom stereocenters. The van der Waals surface area contributed by atoms with Crippen LogP contribution in [0, 0.1) is 0 Å². The van der Waals surface area contributed by atoms with E-state index >= 15 is 0 Å². The number of hydrogen-bond acceptors (Lipinski definition) is 1. The normalized spacial score (nSPS) is 10.9. The van der Waals surface area contributed by atoms with Crippen LogP contribution < -0.4 is 5.32 Å². The maximum absolute atomic E-state index is 12.2. The lowest BCUT2D eigenvalue weighted by atomic mass is 10.2. The highest BCUT2D eigenvalue weighted by atomic mass is 79.9. The Morgan fingerprint density at radius 3 is 2.77 bits per heavy atom. The molecule has 1 heterocycles. The molecule has 0 radical (unpaired) electrons. The lowest BCUT2D eigenvalue weighted by Crippen LogP contribution is -2.18. The summed E-state index contributed by atoms with van der Waals surface area (Å²) < 4.78 is 2.89. The molecule has 1 aromatic heterocycles. The molecule has 112 valence electrons. The van der Waals surface area contributed by atoms with E-state index in [4.69, 9.17) is 23.2 Å². The maximum atomic E-state index is 12.2. The fraction of sp³-hybridized carbons (Fsp3) is 0.0625. The van der Waals surface area contributed by atoms with Crippen LogP contribution in [0.3, 0.4) is 0 Å². The Morgan fingerprint density at radius 2 is 1.95 bits per heavy atom. The molecule has 0 fully saturated rings. The molecule has 3 rings (SSSR count). The average molecular weight is 398 g/mol. The van der Waals surface area contributed by atoms with Crippen LogP contribution in [0.2, 0.25) is 10.0 Å². The predicted octanol–water partition coefficient (Wildman–Crippen LogP) is 5.35. The summed E-state index contributed by atoms with van der Waals surface area (Å²) in [5.41, 5.74) is 1.51. The summed E-state index contributed by atoms with van der Waals surface area (Å²) in [6.45, 7) is 0.202. The second-order valence-corrected chi connectivity index (χ2v) is 6.58. The minimum absolute atomic E-state index is 0.162. The Labute approximate surface area is 146 Å². The number of amides is 1. The van der Waals surface area contributed by atoms with Crippen molar-refractivity contribution in [1.82, 2.24) is 4.57 Å². The third-order valence-corrected chi connectivity index (χ3v) is 4.31. The molecule has 1 amide bonds. The van der Waals surface area contributed by atoms with Gasteiger partial charge in [0, 0.05) is 26.6 Å². The highest BCUT2D eigenvalue weighted by molar-refractivity contribution is 9.10. The molecule has 0 bridgehead atoms. The van der Waals surface area contributed by atoms with E-state index < -0.39 is 0 Å². The molecular weight excluding hydrogens is 387 g/mol. The van der Waals surface area contributed by atoms with E-state index in [9.17, 15) is 4.79 Å². The summed E-state index contributed by atoms with van der Waals surface area (Å²) in [6.07, 6.45) is 1.89. The minimum atomic E-state index is -0.162. The van der Waals surface area contributed by atoms with Crippen molar-refractivity contribution in [1.29, 1.82) is 0 Å². The van der Waals surface area contributed by atoms with Gasteiger partial charge in [0.05, 0.1) is 10.7 Å². The number of halogens is 3. The van der Waals surface area contributed by atoms with Crippen LogP contribution in [-0.2, 0) is 11.3 Å². The first-order valence-electron chi connectivity index (χ1n) is 6.52. The summed E-state index contributed by atoms with van der Waals surface area (Å²) in [7, 11) is 0. The lowest BCUT2D eigenvalue weighted by Gasteiger charge is -2.09. The van der Waals surface area contributed by atoms with Crippen molar-refractivity contribution >= 4 is 61.6 Å². The number of nitrogens with zero attached hydrogens (tertiary/aromatic N) is 1. The maximum Gasteiger partial charge on any atom is 0.244 e. The second kappa shape index (κ2) is 6.32. The largest absolute Gasteiger partial charge is 0.338 e. The van der Waals surface area contributed by atoms with Gasteiger partial charge in [-0.3, -0.25) is 4.79 Å². The van der Waals surface area contributed by atoms with Crippen LogP contribution in [0.15, 0.2) is 53.1 Å². The van der Waals surface area contributed by atoms with Crippen molar-refractivity contribution in [3.05, 3.63) is 63.2 Å². The van der Waals surface area contributed by atoms with E-state index in [-0.39, 0.29) is 12.5 Å². The van der Waals surface area contributed by atoms with Crippen LogP contribution in [0.1, 0.15) is 0 Å². The molecule has 3 aromatic rings. The Bertz CT molecular complexity index is 860. The molecule has 3 nitrogen and oxygen atoms in total. The summed E-state index contributed by atoms with van der Waals surface area (Å²) in [6, 6.07) is 12.9.